The Kier molecular flexibility index (Phi) is 3.51. The van der Waals surface area contributed by atoms with Gasteiger partial charge in [0.1, 0.15) is 5.75 Å². The van der Waals surface area contributed by atoms with Crippen molar-refractivity contribution in [3.63, 3.8) is 0 Å². The SMILES string of the molecule is COc1ccccc1-c1ccc(C2CCNC2)cc1. The first-order valence-corrected chi connectivity index (χ1v) is 6.82. The molecule has 0 amide bonds. The lowest BCUT2D eigenvalue weighted by atomic mass is 9.95. The van der Waals surface area contributed by atoms with Crippen molar-refractivity contribution in [2.24, 2.45) is 0 Å². The van der Waals surface area contributed by atoms with E-state index in [0.717, 1.165) is 24.4 Å². The van der Waals surface area contributed by atoms with Gasteiger partial charge in [0, 0.05) is 12.1 Å². The van der Waals surface area contributed by atoms with E-state index in [1.54, 1.807) is 7.11 Å². The van der Waals surface area contributed by atoms with Gasteiger partial charge in [-0.2, -0.15) is 0 Å². The van der Waals surface area contributed by atoms with E-state index in [-0.39, 0.29) is 0 Å². The molecule has 0 saturated carbocycles. The molecule has 2 nitrogen and oxygen atoms in total. The second-order valence-corrected chi connectivity index (χ2v) is 5.01. The normalized spacial score (nSPS) is 18.5. The van der Waals surface area contributed by atoms with Gasteiger partial charge in [-0.3, -0.25) is 0 Å². The molecular formula is C17H19NO. The first-order valence-electron chi connectivity index (χ1n) is 6.82. The number of rotatable bonds is 3. The molecule has 0 aromatic heterocycles. The summed E-state index contributed by atoms with van der Waals surface area (Å²) in [6, 6.07) is 17.1. The second kappa shape index (κ2) is 5.45. The Morgan fingerprint density at radius 3 is 2.53 bits per heavy atom. The van der Waals surface area contributed by atoms with E-state index in [4.69, 9.17) is 4.74 Å². The molecule has 3 rings (SSSR count). The summed E-state index contributed by atoms with van der Waals surface area (Å²) < 4.78 is 5.42. The molecule has 2 aromatic carbocycles. The van der Waals surface area contributed by atoms with Crippen molar-refractivity contribution in [1.82, 2.24) is 5.32 Å². The van der Waals surface area contributed by atoms with Crippen LogP contribution in [0.2, 0.25) is 0 Å². The Morgan fingerprint density at radius 1 is 1.05 bits per heavy atom. The summed E-state index contributed by atoms with van der Waals surface area (Å²) in [5, 5.41) is 3.42. The van der Waals surface area contributed by atoms with Crippen molar-refractivity contribution in [2.45, 2.75) is 12.3 Å². The Morgan fingerprint density at radius 2 is 1.84 bits per heavy atom. The van der Waals surface area contributed by atoms with E-state index >= 15 is 0 Å². The van der Waals surface area contributed by atoms with Crippen molar-refractivity contribution in [3.8, 4) is 16.9 Å². The predicted octanol–water partition coefficient (Wildman–Crippen LogP) is 3.44. The Labute approximate surface area is 114 Å². The van der Waals surface area contributed by atoms with Crippen LogP contribution in [-0.2, 0) is 0 Å². The maximum absolute atomic E-state index is 5.42. The van der Waals surface area contributed by atoms with Crippen LogP contribution >= 0.6 is 0 Å². The van der Waals surface area contributed by atoms with Crippen molar-refractivity contribution in [1.29, 1.82) is 0 Å². The fourth-order valence-corrected chi connectivity index (χ4v) is 2.76. The molecule has 1 atom stereocenters. The van der Waals surface area contributed by atoms with Crippen LogP contribution in [0.1, 0.15) is 17.9 Å². The van der Waals surface area contributed by atoms with Gasteiger partial charge < -0.3 is 10.1 Å². The lowest BCUT2D eigenvalue weighted by Gasteiger charge is -2.11. The largest absolute Gasteiger partial charge is 0.496 e. The van der Waals surface area contributed by atoms with Gasteiger partial charge >= 0.3 is 0 Å². The zero-order valence-electron chi connectivity index (χ0n) is 11.2. The van der Waals surface area contributed by atoms with Gasteiger partial charge in [-0.05, 0) is 36.1 Å². The molecule has 0 spiro atoms. The minimum atomic E-state index is 0.673. The van der Waals surface area contributed by atoms with Crippen LogP contribution in [-0.4, -0.2) is 20.2 Å². The van der Waals surface area contributed by atoms with Gasteiger partial charge in [0.05, 0.1) is 7.11 Å². The van der Waals surface area contributed by atoms with E-state index in [1.807, 2.05) is 18.2 Å². The summed E-state index contributed by atoms with van der Waals surface area (Å²) >= 11 is 0. The molecule has 0 bridgehead atoms. The third kappa shape index (κ3) is 2.49. The van der Waals surface area contributed by atoms with Crippen LogP contribution in [0.15, 0.2) is 48.5 Å². The van der Waals surface area contributed by atoms with E-state index in [1.165, 1.54) is 17.5 Å². The molecule has 1 fully saturated rings. The molecule has 19 heavy (non-hydrogen) atoms. The first-order chi connectivity index (χ1) is 9.38. The van der Waals surface area contributed by atoms with Crippen LogP contribution in [0.5, 0.6) is 5.75 Å². The number of benzene rings is 2. The maximum Gasteiger partial charge on any atom is 0.126 e. The number of hydrogen-bond acceptors (Lipinski definition) is 2. The molecule has 0 radical (unpaired) electrons. The van der Waals surface area contributed by atoms with Crippen LogP contribution in [0.25, 0.3) is 11.1 Å². The fourth-order valence-electron chi connectivity index (χ4n) is 2.76. The second-order valence-electron chi connectivity index (χ2n) is 5.01. The summed E-state index contributed by atoms with van der Waals surface area (Å²) in [6.07, 6.45) is 1.24. The molecule has 1 heterocycles. The quantitative estimate of drug-likeness (QED) is 0.904. The van der Waals surface area contributed by atoms with Crippen molar-refractivity contribution < 1.29 is 4.74 Å². The highest BCUT2D eigenvalue weighted by molar-refractivity contribution is 5.70. The summed E-state index contributed by atoms with van der Waals surface area (Å²) in [7, 11) is 1.72. The Bertz CT molecular complexity index is 541. The van der Waals surface area contributed by atoms with E-state index in [2.05, 4.69) is 35.6 Å². The fraction of sp³-hybridized carbons (Fsp3) is 0.294. The van der Waals surface area contributed by atoms with Crippen LogP contribution < -0.4 is 10.1 Å². The average Bonchev–Trinajstić information content (AvgIpc) is 3.02. The van der Waals surface area contributed by atoms with Crippen molar-refractivity contribution in [3.05, 3.63) is 54.1 Å². The van der Waals surface area contributed by atoms with Gasteiger partial charge in [-0.25, -0.2) is 0 Å². The number of methoxy groups -OCH3 is 1. The van der Waals surface area contributed by atoms with Gasteiger partial charge in [-0.15, -0.1) is 0 Å². The lowest BCUT2D eigenvalue weighted by molar-refractivity contribution is 0.416. The van der Waals surface area contributed by atoms with Crippen LogP contribution in [0.4, 0.5) is 0 Å². The van der Waals surface area contributed by atoms with Crippen molar-refractivity contribution >= 4 is 0 Å². The molecule has 1 N–H and O–H groups in total. The van der Waals surface area contributed by atoms with Gasteiger partial charge in [-0.1, -0.05) is 42.5 Å². The summed E-state index contributed by atoms with van der Waals surface area (Å²) in [4.78, 5) is 0. The molecule has 1 aliphatic heterocycles. The molecule has 1 saturated heterocycles. The minimum Gasteiger partial charge on any atom is -0.496 e. The van der Waals surface area contributed by atoms with Gasteiger partial charge in [0.15, 0.2) is 0 Å². The minimum absolute atomic E-state index is 0.673. The molecule has 1 aliphatic rings. The number of para-hydroxylation sites is 1. The molecule has 0 aliphatic carbocycles. The first kappa shape index (κ1) is 12.2. The third-order valence-corrected chi connectivity index (χ3v) is 3.86. The molecule has 1 unspecified atom stereocenters. The zero-order chi connectivity index (χ0) is 13.1. The summed E-state index contributed by atoms with van der Waals surface area (Å²) in [5.74, 6) is 1.60. The van der Waals surface area contributed by atoms with Crippen LogP contribution in [0.3, 0.4) is 0 Å². The number of nitrogens with one attached hydrogen (secondary N) is 1. The predicted molar refractivity (Wildman–Crippen MR) is 78.7 cm³/mol. The number of ether oxygens (including phenoxy) is 1. The van der Waals surface area contributed by atoms with Gasteiger partial charge in [0.2, 0.25) is 0 Å². The standard InChI is InChI=1S/C17H19NO/c1-19-17-5-3-2-4-16(17)14-8-6-13(7-9-14)15-10-11-18-12-15/h2-9,15,18H,10-12H2,1H3. The number of hydrogen-bond donors (Lipinski definition) is 1. The van der Waals surface area contributed by atoms with Crippen molar-refractivity contribution in [2.75, 3.05) is 20.2 Å². The van der Waals surface area contributed by atoms with E-state index in [9.17, 15) is 0 Å². The topological polar surface area (TPSA) is 21.3 Å². The van der Waals surface area contributed by atoms with E-state index in [0.29, 0.717) is 5.92 Å². The Balaban J connectivity index is 1.89. The lowest BCUT2D eigenvalue weighted by Crippen LogP contribution is -2.07. The highest BCUT2D eigenvalue weighted by Gasteiger charge is 2.16. The van der Waals surface area contributed by atoms with E-state index < -0.39 is 0 Å². The highest BCUT2D eigenvalue weighted by atomic mass is 16.5. The molecule has 2 aromatic rings. The third-order valence-electron chi connectivity index (χ3n) is 3.86. The Hall–Kier alpha value is -1.80. The van der Waals surface area contributed by atoms with Gasteiger partial charge in [0.25, 0.3) is 0 Å². The highest BCUT2D eigenvalue weighted by Crippen LogP contribution is 2.31. The maximum atomic E-state index is 5.42. The summed E-state index contributed by atoms with van der Waals surface area (Å²) in [6.45, 7) is 2.24. The van der Waals surface area contributed by atoms with Crippen LogP contribution in [0, 0.1) is 0 Å². The molecule has 98 valence electrons. The average molecular weight is 253 g/mol. The summed E-state index contributed by atoms with van der Waals surface area (Å²) in [5.41, 5.74) is 3.80. The monoisotopic (exact) mass is 253 g/mol. The zero-order valence-corrected chi connectivity index (χ0v) is 11.2. The molecule has 2 heteroatoms. The smallest absolute Gasteiger partial charge is 0.126 e. The molecular weight excluding hydrogens is 234 g/mol.